The molecule has 1 aromatic heterocycles. The molecular weight excluding hydrogens is 528 g/mol. The van der Waals surface area contributed by atoms with Gasteiger partial charge in [-0.15, -0.1) is 0 Å². The molecule has 4 aromatic rings. The number of fused-ring (bicyclic) bond motifs is 3. The highest BCUT2D eigenvalue weighted by Crippen LogP contribution is 2.31. The average molecular weight is 555 g/mol. The van der Waals surface area contributed by atoms with E-state index in [1.165, 1.54) is 15.2 Å². The predicted molar refractivity (Wildman–Crippen MR) is 143 cm³/mol. The van der Waals surface area contributed by atoms with Crippen molar-refractivity contribution in [1.29, 1.82) is 0 Å². The molecule has 1 aliphatic rings. The Labute approximate surface area is 213 Å². The van der Waals surface area contributed by atoms with Crippen molar-refractivity contribution in [3.8, 4) is 0 Å². The lowest BCUT2D eigenvalue weighted by atomic mass is 10.1. The summed E-state index contributed by atoms with van der Waals surface area (Å²) >= 11 is 3.34. The van der Waals surface area contributed by atoms with Crippen LogP contribution in [0.5, 0.6) is 0 Å². The molecule has 1 aliphatic heterocycles. The molecule has 1 fully saturated rings. The van der Waals surface area contributed by atoms with Crippen LogP contribution in [0, 0.1) is 0 Å². The van der Waals surface area contributed by atoms with E-state index >= 15 is 0 Å². The molecule has 5 rings (SSSR count). The summed E-state index contributed by atoms with van der Waals surface area (Å²) in [4.78, 5) is 15.1. The molecule has 7 nitrogen and oxygen atoms in total. The summed E-state index contributed by atoms with van der Waals surface area (Å²) in [6, 6.07) is 21.0. The van der Waals surface area contributed by atoms with E-state index in [2.05, 4.69) is 50.9 Å². The molecule has 2 heterocycles. The number of hydrogen-bond acceptors (Lipinski definition) is 4. The number of rotatable bonds is 6. The van der Waals surface area contributed by atoms with E-state index < -0.39 is 10.0 Å². The lowest BCUT2D eigenvalue weighted by Crippen LogP contribution is -2.50. The summed E-state index contributed by atoms with van der Waals surface area (Å²) in [7, 11) is -3.54. The number of carbonyl (C=O) groups is 1. The molecule has 1 saturated heterocycles. The van der Waals surface area contributed by atoms with Crippen LogP contribution in [0.1, 0.15) is 6.92 Å². The molecule has 1 amide bonds. The Hall–Kier alpha value is -2.72. The number of carbonyl (C=O) groups excluding carboxylic acids is 1. The third kappa shape index (κ3) is 4.73. The first-order valence-corrected chi connectivity index (χ1v) is 13.9. The molecular formula is C26H27BrN4O3S. The number of nitrogens with one attached hydrogen (secondary N) is 1. The SMILES string of the molecule is CCn1c2ccccc2c2cc(NC(=O)CN3CCN(S(=O)(=O)c4ccc(Br)cc4)CC3)ccc21. The fourth-order valence-electron chi connectivity index (χ4n) is 4.76. The molecule has 35 heavy (non-hydrogen) atoms. The first-order valence-electron chi connectivity index (χ1n) is 11.7. The fraction of sp³-hybridized carbons (Fsp3) is 0.269. The lowest BCUT2D eigenvalue weighted by molar-refractivity contribution is -0.117. The van der Waals surface area contributed by atoms with Crippen LogP contribution in [0.4, 0.5) is 5.69 Å². The van der Waals surface area contributed by atoms with Crippen LogP contribution in [0.25, 0.3) is 21.8 Å². The van der Waals surface area contributed by atoms with Crippen molar-refractivity contribution in [3.05, 3.63) is 71.2 Å². The van der Waals surface area contributed by atoms with Gasteiger partial charge >= 0.3 is 0 Å². The number of hydrogen-bond donors (Lipinski definition) is 1. The first-order chi connectivity index (χ1) is 16.9. The largest absolute Gasteiger partial charge is 0.341 e. The topological polar surface area (TPSA) is 74.7 Å². The molecule has 0 aliphatic carbocycles. The Morgan fingerprint density at radius 2 is 1.60 bits per heavy atom. The van der Waals surface area contributed by atoms with Crippen LogP contribution in [0.15, 0.2) is 76.1 Å². The van der Waals surface area contributed by atoms with Crippen molar-refractivity contribution < 1.29 is 13.2 Å². The third-order valence-corrected chi connectivity index (χ3v) is 8.96. The molecule has 0 bridgehead atoms. The number of sulfonamides is 1. The minimum atomic E-state index is -3.54. The van der Waals surface area contributed by atoms with Gasteiger partial charge in [0.05, 0.1) is 11.4 Å². The third-order valence-electron chi connectivity index (χ3n) is 6.52. The lowest BCUT2D eigenvalue weighted by Gasteiger charge is -2.33. The second-order valence-electron chi connectivity index (χ2n) is 8.68. The zero-order valence-corrected chi connectivity index (χ0v) is 21.8. The minimum Gasteiger partial charge on any atom is -0.341 e. The van der Waals surface area contributed by atoms with E-state index in [4.69, 9.17) is 0 Å². The van der Waals surface area contributed by atoms with Gasteiger partial charge in [-0.1, -0.05) is 34.1 Å². The number of halogens is 1. The Morgan fingerprint density at radius 1 is 0.914 bits per heavy atom. The van der Waals surface area contributed by atoms with E-state index in [-0.39, 0.29) is 17.3 Å². The van der Waals surface area contributed by atoms with Crippen LogP contribution >= 0.6 is 15.9 Å². The van der Waals surface area contributed by atoms with Crippen LogP contribution in [0.2, 0.25) is 0 Å². The van der Waals surface area contributed by atoms with E-state index in [0.717, 1.165) is 27.6 Å². The summed E-state index contributed by atoms with van der Waals surface area (Å²) in [5.41, 5.74) is 3.09. The molecule has 0 radical (unpaired) electrons. The zero-order chi connectivity index (χ0) is 24.6. The molecule has 1 N–H and O–H groups in total. The molecule has 0 spiro atoms. The van der Waals surface area contributed by atoms with Gasteiger partial charge in [0.15, 0.2) is 0 Å². The van der Waals surface area contributed by atoms with Crippen molar-refractivity contribution in [2.45, 2.75) is 18.4 Å². The van der Waals surface area contributed by atoms with Crippen LogP contribution < -0.4 is 5.32 Å². The maximum absolute atomic E-state index is 12.9. The van der Waals surface area contributed by atoms with Crippen LogP contribution in [0.3, 0.4) is 0 Å². The quantitative estimate of drug-likeness (QED) is 0.380. The highest BCUT2D eigenvalue weighted by atomic mass is 79.9. The molecule has 9 heteroatoms. The Balaban J connectivity index is 1.23. The predicted octanol–water partition coefficient (Wildman–Crippen LogP) is 4.52. The van der Waals surface area contributed by atoms with Gasteiger partial charge in [-0.2, -0.15) is 4.31 Å². The first kappa shape index (κ1) is 24.0. The fourth-order valence-corrected chi connectivity index (χ4v) is 6.45. The van der Waals surface area contributed by atoms with Crippen molar-refractivity contribution in [2.75, 3.05) is 38.0 Å². The summed E-state index contributed by atoms with van der Waals surface area (Å²) in [5, 5.41) is 5.31. The molecule has 182 valence electrons. The van der Waals surface area contributed by atoms with Crippen molar-refractivity contribution in [2.24, 2.45) is 0 Å². The van der Waals surface area contributed by atoms with E-state index in [0.29, 0.717) is 26.2 Å². The van der Waals surface area contributed by atoms with Gasteiger partial charge in [-0.3, -0.25) is 9.69 Å². The van der Waals surface area contributed by atoms with Crippen LogP contribution in [-0.4, -0.2) is 60.8 Å². The van der Waals surface area contributed by atoms with Gasteiger partial charge in [0.1, 0.15) is 0 Å². The van der Waals surface area contributed by atoms with E-state index in [1.54, 1.807) is 24.3 Å². The minimum absolute atomic E-state index is 0.104. The average Bonchev–Trinajstić information content (AvgIpc) is 3.17. The van der Waals surface area contributed by atoms with Crippen molar-refractivity contribution >= 4 is 59.4 Å². The number of piperazine rings is 1. The second-order valence-corrected chi connectivity index (χ2v) is 11.5. The zero-order valence-electron chi connectivity index (χ0n) is 19.4. The standard InChI is InChI=1S/C26H27BrN4O3S/c1-2-31-24-6-4-3-5-22(24)23-17-20(9-12-25(23)31)28-26(32)18-29-13-15-30(16-14-29)35(33,34)21-10-7-19(27)8-11-21/h3-12,17H,2,13-16,18H2,1H3,(H,28,32). The van der Waals surface area contributed by atoms with Gasteiger partial charge in [-0.05, 0) is 55.5 Å². The molecule has 0 saturated carbocycles. The normalized spacial score (nSPS) is 15.6. The highest BCUT2D eigenvalue weighted by molar-refractivity contribution is 9.10. The van der Waals surface area contributed by atoms with Crippen molar-refractivity contribution in [1.82, 2.24) is 13.8 Å². The number of para-hydroxylation sites is 1. The van der Waals surface area contributed by atoms with Gasteiger partial charge in [0.2, 0.25) is 15.9 Å². The maximum atomic E-state index is 12.9. The Kier molecular flexibility index (Phi) is 6.67. The summed E-state index contributed by atoms with van der Waals surface area (Å²) < 4.78 is 30.4. The number of anilines is 1. The van der Waals surface area contributed by atoms with E-state index in [1.807, 2.05) is 29.2 Å². The summed E-state index contributed by atoms with van der Waals surface area (Å²) in [6.07, 6.45) is 0. The number of benzene rings is 3. The summed E-state index contributed by atoms with van der Waals surface area (Å²) in [5.74, 6) is -0.104. The van der Waals surface area contributed by atoms with Crippen molar-refractivity contribution in [3.63, 3.8) is 0 Å². The van der Waals surface area contributed by atoms with Gasteiger partial charge in [0, 0.05) is 64.7 Å². The number of aryl methyl sites for hydroxylation is 1. The number of nitrogens with zero attached hydrogens (tertiary/aromatic N) is 3. The highest BCUT2D eigenvalue weighted by Gasteiger charge is 2.29. The Morgan fingerprint density at radius 3 is 2.31 bits per heavy atom. The smallest absolute Gasteiger partial charge is 0.243 e. The van der Waals surface area contributed by atoms with E-state index in [9.17, 15) is 13.2 Å². The molecule has 0 unspecified atom stereocenters. The monoisotopic (exact) mass is 554 g/mol. The second kappa shape index (κ2) is 9.73. The van der Waals surface area contributed by atoms with Crippen LogP contribution in [-0.2, 0) is 21.4 Å². The van der Waals surface area contributed by atoms with Gasteiger partial charge in [0.25, 0.3) is 0 Å². The number of aromatic nitrogens is 1. The van der Waals surface area contributed by atoms with Gasteiger partial charge in [-0.25, -0.2) is 8.42 Å². The number of amides is 1. The molecule has 3 aromatic carbocycles. The molecule has 0 atom stereocenters. The Bertz CT molecular complexity index is 1490. The van der Waals surface area contributed by atoms with Gasteiger partial charge < -0.3 is 9.88 Å². The maximum Gasteiger partial charge on any atom is 0.243 e. The summed E-state index contributed by atoms with van der Waals surface area (Å²) in [6.45, 7) is 4.95.